The van der Waals surface area contributed by atoms with Gasteiger partial charge >= 0.3 is 5.97 Å². The third-order valence-corrected chi connectivity index (χ3v) is 3.94. The van der Waals surface area contributed by atoms with Crippen LogP contribution in [0, 0.1) is 0 Å². The summed E-state index contributed by atoms with van der Waals surface area (Å²) in [7, 11) is 0. The number of hydrogen-bond acceptors (Lipinski definition) is 4. The Morgan fingerprint density at radius 1 is 1.41 bits per heavy atom. The maximum atomic E-state index is 11.8. The number of nitrogens with one attached hydrogen (secondary N) is 1. The van der Waals surface area contributed by atoms with Gasteiger partial charge in [-0.2, -0.15) is 0 Å². The van der Waals surface area contributed by atoms with Gasteiger partial charge in [0.15, 0.2) is 0 Å². The summed E-state index contributed by atoms with van der Waals surface area (Å²) in [5.41, 5.74) is 0. The number of hydrogen-bond donors (Lipinski definition) is 1. The largest absolute Gasteiger partial charge is 0.465 e. The van der Waals surface area contributed by atoms with Gasteiger partial charge in [0.25, 0.3) is 0 Å². The molecule has 1 amide bonds. The van der Waals surface area contributed by atoms with Gasteiger partial charge in [-0.15, -0.1) is 11.8 Å². The minimum Gasteiger partial charge on any atom is -0.465 e. The third kappa shape index (κ3) is 5.44. The molecule has 0 saturated heterocycles. The van der Waals surface area contributed by atoms with Gasteiger partial charge in [0, 0.05) is 6.04 Å². The van der Waals surface area contributed by atoms with Crippen molar-refractivity contribution in [2.45, 2.75) is 50.8 Å². The molecular weight excluding hydrogens is 238 g/mol. The summed E-state index contributed by atoms with van der Waals surface area (Å²) >= 11 is 1.33. The highest BCUT2D eigenvalue weighted by atomic mass is 32.2. The van der Waals surface area contributed by atoms with Crippen molar-refractivity contribution >= 4 is 23.6 Å². The van der Waals surface area contributed by atoms with E-state index >= 15 is 0 Å². The molecule has 17 heavy (non-hydrogen) atoms. The second-order valence-electron chi connectivity index (χ2n) is 4.25. The standard InChI is InChI=1S/C12H21NO3S/c1-3-16-11(14)8-17-9(2)12(15)13-10-6-4-5-7-10/h9-10H,3-8H2,1-2H3,(H,13,15)/t9-/m1/s1. The highest BCUT2D eigenvalue weighted by molar-refractivity contribution is 8.01. The van der Waals surface area contributed by atoms with Crippen molar-refractivity contribution in [1.82, 2.24) is 5.32 Å². The van der Waals surface area contributed by atoms with Crippen LogP contribution in [-0.2, 0) is 14.3 Å². The lowest BCUT2D eigenvalue weighted by Gasteiger charge is -2.15. The normalized spacial score (nSPS) is 17.8. The molecule has 0 radical (unpaired) electrons. The van der Waals surface area contributed by atoms with Gasteiger partial charge in [0.05, 0.1) is 17.6 Å². The second kappa shape index (κ2) is 7.58. The van der Waals surface area contributed by atoms with E-state index in [-0.39, 0.29) is 22.9 Å². The molecular formula is C12H21NO3S. The fourth-order valence-corrected chi connectivity index (χ4v) is 2.55. The first-order valence-corrected chi connectivity index (χ1v) is 7.26. The molecule has 1 fully saturated rings. The fraction of sp³-hybridized carbons (Fsp3) is 0.833. The summed E-state index contributed by atoms with van der Waals surface area (Å²) in [6, 6.07) is 0.341. The molecule has 1 N–H and O–H groups in total. The summed E-state index contributed by atoms with van der Waals surface area (Å²) < 4.78 is 4.81. The van der Waals surface area contributed by atoms with E-state index in [1.807, 2.05) is 6.92 Å². The Morgan fingerprint density at radius 3 is 2.65 bits per heavy atom. The van der Waals surface area contributed by atoms with E-state index in [9.17, 15) is 9.59 Å². The number of rotatable bonds is 6. The zero-order chi connectivity index (χ0) is 12.7. The maximum Gasteiger partial charge on any atom is 0.315 e. The van der Waals surface area contributed by atoms with E-state index in [1.54, 1.807) is 6.92 Å². The monoisotopic (exact) mass is 259 g/mol. The van der Waals surface area contributed by atoms with Crippen molar-refractivity contribution in [1.29, 1.82) is 0 Å². The second-order valence-corrected chi connectivity index (χ2v) is 5.58. The fourth-order valence-electron chi connectivity index (χ4n) is 1.86. The molecule has 1 atom stereocenters. The lowest BCUT2D eigenvalue weighted by atomic mass is 10.2. The minimum absolute atomic E-state index is 0.0335. The van der Waals surface area contributed by atoms with E-state index in [0.29, 0.717) is 12.6 Å². The van der Waals surface area contributed by atoms with Crippen molar-refractivity contribution in [2.75, 3.05) is 12.4 Å². The van der Waals surface area contributed by atoms with Gasteiger partial charge in [-0.25, -0.2) is 0 Å². The molecule has 0 unspecified atom stereocenters. The Kier molecular flexibility index (Phi) is 6.40. The molecule has 0 heterocycles. The van der Waals surface area contributed by atoms with Crippen LogP contribution in [-0.4, -0.2) is 35.5 Å². The minimum atomic E-state index is -0.252. The SMILES string of the molecule is CCOC(=O)CS[C@H](C)C(=O)NC1CCCC1. The first-order valence-electron chi connectivity index (χ1n) is 6.21. The molecule has 1 aliphatic carbocycles. The molecule has 1 saturated carbocycles. The number of amides is 1. The van der Waals surface area contributed by atoms with Crippen molar-refractivity contribution in [3.05, 3.63) is 0 Å². The van der Waals surface area contributed by atoms with Crippen LogP contribution in [0.5, 0.6) is 0 Å². The van der Waals surface area contributed by atoms with E-state index in [0.717, 1.165) is 12.8 Å². The molecule has 1 aliphatic rings. The van der Waals surface area contributed by atoms with Crippen molar-refractivity contribution in [3.63, 3.8) is 0 Å². The van der Waals surface area contributed by atoms with Crippen LogP contribution in [0.4, 0.5) is 0 Å². The quantitative estimate of drug-likeness (QED) is 0.738. The van der Waals surface area contributed by atoms with Gasteiger partial charge in [-0.1, -0.05) is 12.8 Å². The predicted molar refractivity (Wildman–Crippen MR) is 69.0 cm³/mol. The van der Waals surface area contributed by atoms with Gasteiger partial charge in [0.2, 0.25) is 5.91 Å². The highest BCUT2D eigenvalue weighted by Gasteiger charge is 2.21. The molecule has 1 rings (SSSR count). The molecule has 0 aliphatic heterocycles. The lowest BCUT2D eigenvalue weighted by molar-refractivity contribution is -0.139. The average molecular weight is 259 g/mol. The maximum absolute atomic E-state index is 11.8. The van der Waals surface area contributed by atoms with E-state index < -0.39 is 0 Å². The van der Waals surface area contributed by atoms with Crippen LogP contribution < -0.4 is 5.32 Å². The topological polar surface area (TPSA) is 55.4 Å². The highest BCUT2D eigenvalue weighted by Crippen LogP contribution is 2.19. The van der Waals surface area contributed by atoms with Gasteiger partial charge in [-0.05, 0) is 26.7 Å². The van der Waals surface area contributed by atoms with Crippen molar-refractivity contribution in [3.8, 4) is 0 Å². The summed E-state index contributed by atoms with van der Waals surface area (Å²) in [5, 5.41) is 2.83. The van der Waals surface area contributed by atoms with E-state index in [1.165, 1.54) is 24.6 Å². The van der Waals surface area contributed by atoms with Crippen LogP contribution in [0.15, 0.2) is 0 Å². The summed E-state index contributed by atoms with van der Waals surface area (Å²) in [4.78, 5) is 22.9. The summed E-state index contributed by atoms with van der Waals surface area (Å²) in [6.07, 6.45) is 4.58. The van der Waals surface area contributed by atoms with Crippen molar-refractivity contribution < 1.29 is 14.3 Å². The number of esters is 1. The molecule has 4 nitrogen and oxygen atoms in total. The van der Waals surface area contributed by atoms with Crippen LogP contribution in [0.1, 0.15) is 39.5 Å². The first-order chi connectivity index (χ1) is 8.13. The molecule has 98 valence electrons. The summed E-state index contributed by atoms with van der Waals surface area (Å²) in [6.45, 7) is 4.00. The van der Waals surface area contributed by atoms with Crippen LogP contribution in [0.3, 0.4) is 0 Å². The number of carbonyl (C=O) groups is 2. The Morgan fingerprint density at radius 2 is 2.06 bits per heavy atom. The van der Waals surface area contributed by atoms with Crippen LogP contribution in [0.2, 0.25) is 0 Å². The Bertz CT molecular complexity index is 264. The summed E-state index contributed by atoms with van der Waals surface area (Å²) in [5.74, 6) is 0.0248. The zero-order valence-electron chi connectivity index (χ0n) is 10.5. The average Bonchev–Trinajstić information content (AvgIpc) is 2.79. The third-order valence-electron chi connectivity index (χ3n) is 2.83. The molecule has 0 aromatic rings. The molecule has 0 bridgehead atoms. The number of thioether (sulfide) groups is 1. The van der Waals surface area contributed by atoms with Gasteiger partial charge in [0.1, 0.15) is 0 Å². The first kappa shape index (κ1) is 14.4. The molecule has 0 aromatic heterocycles. The zero-order valence-corrected chi connectivity index (χ0v) is 11.3. The van der Waals surface area contributed by atoms with Crippen LogP contribution >= 0.6 is 11.8 Å². The number of carbonyl (C=O) groups excluding carboxylic acids is 2. The van der Waals surface area contributed by atoms with Crippen LogP contribution in [0.25, 0.3) is 0 Å². The molecule has 0 spiro atoms. The predicted octanol–water partition coefficient (Wildman–Crippen LogP) is 1.73. The van der Waals surface area contributed by atoms with Gasteiger partial charge < -0.3 is 10.1 Å². The van der Waals surface area contributed by atoms with E-state index in [4.69, 9.17) is 4.74 Å². The van der Waals surface area contributed by atoms with Gasteiger partial charge in [-0.3, -0.25) is 9.59 Å². The lowest BCUT2D eigenvalue weighted by Crippen LogP contribution is -2.38. The van der Waals surface area contributed by atoms with E-state index in [2.05, 4.69) is 5.32 Å². The Hall–Kier alpha value is -0.710. The Balaban J connectivity index is 2.19. The Labute approximate surface area is 107 Å². The molecule has 0 aromatic carbocycles. The number of ether oxygens (including phenoxy) is 1. The smallest absolute Gasteiger partial charge is 0.315 e. The molecule has 5 heteroatoms. The van der Waals surface area contributed by atoms with Crippen molar-refractivity contribution in [2.24, 2.45) is 0 Å².